The maximum absolute atomic E-state index is 12.5. The van der Waals surface area contributed by atoms with E-state index in [4.69, 9.17) is 4.74 Å². The van der Waals surface area contributed by atoms with Crippen LogP contribution in [0.4, 0.5) is 11.4 Å². The molecule has 144 valence electrons. The second kappa shape index (κ2) is 8.71. The van der Waals surface area contributed by atoms with Crippen molar-refractivity contribution in [1.29, 1.82) is 0 Å². The highest BCUT2D eigenvalue weighted by Gasteiger charge is 2.20. The quantitative estimate of drug-likeness (QED) is 0.823. The number of para-hydroxylation sites is 3. The lowest BCUT2D eigenvalue weighted by molar-refractivity contribution is -0.117. The zero-order chi connectivity index (χ0) is 20.0. The predicted molar refractivity (Wildman–Crippen MR) is 109 cm³/mol. The minimum absolute atomic E-state index is 0.0767. The molecule has 1 N–H and O–H groups in total. The lowest BCUT2D eigenvalue weighted by atomic mass is 9.86. The fourth-order valence-corrected chi connectivity index (χ4v) is 2.97. The van der Waals surface area contributed by atoms with Crippen molar-refractivity contribution in [3.05, 3.63) is 54.1 Å². The number of carbonyl (C=O) groups excluding carboxylic acids is 2. The largest absolute Gasteiger partial charge is 0.495 e. The van der Waals surface area contributed by atoms with Crippen LogP contribution in [0, 0.1) is 0 Å². The van der Waals surface area contributed by atoms with Crippen molar-refractivity contribution in [2.75, 3.05) is 23.9 Å². The Balaban J connectivity index is 2.11. The van der Waals surface area contributed by atoms with Gasteiger partial charge in [-0.2, -0.15) is 0 Å². The first-order valence-electron chi connectivity index (χ1n) is 9.04. The summed E-state index contributed by atoms with van der Waals surface area (Å²) in [4.78, 5) is 26.2. The Morgan fingerprint density at radius 2 is 1.67 bits per heavy atom. The van der Waals surface area contributed by atoms with Crippen LogP contribution in [0.5, 0.6) is 5.75 Å². The molecule has 0 saturated heterocycles. The van der Waals surface area contributed by atoms with Crippen LogP contribution in [0.25, 0.3) is 0 Å². The summed E-state index contributed by atoms with van der Waals surface area (Å²) in [6, 6.07) is 15.1. The minimum Gasteiger partial charge on any atom is -0.495 e. The van der Waals surface area contributed by atoms with Gasteiger partial charge in [-0.05, 0) is 29.2 Å². The molecular formula is C22H28N2O3. The maximum atomic E-state index is 12.5. The highest BCUT2D eigenvalue weighted by Crippen LogP contribution is 2.30. The number of benzene rings is 2. The summed E-state index contributed by atoms with van der Waals surface area (Å²) in [6.07, 6.45) is 0.191. The van der Waals surface area contributed by atoms with Crippen LogP contribution in [0.3, 0.4) is 0 Å². The van der Waals surface area contributed by atoms with Crippen LogP contribution in [0.2, 0.25) is 0 Å². The van der Waals surface area contributed by atoms with Crippen LogP contribution in [-0.4, -0.2) is 25.5 Å². The van der Waals surface area contributed by atoms with Gasteiger partial charge < -0.3 is 15.0 Å². The van der Waals surface area contributed by atoms with Crippen molar-refractivity contribution in [1.82, 2.24) is 0 Å². The van der Waals surface area contributed by atoms with Gasteiger partial charge in [0.1, 0.15) is 5.75 Å². The van der Waals surface area contributed by atoms with Gasteiger partial charge in [0, 0.05) is 25.6 Å². The molecule has 0 bridgehead atoms. The molecule has 2 aromatic carbocycles. The van der Waals surface area contributed by atoms with E-state index in [1.165, 1.54) is 6.92 Å². The van der Waals surface area contributed by atoms with Gasteiger partial charge in [0.05, 0.1) is 12.8 Å². The lowest BCUT2D eigenvalue weighted by Crippen LogP contribution is -2.32. The minimum atomic E-state index is -0.137. The molecule has 0 unspecified atom stereocenters. The molecule has 0 aliphatic carbocycles. The highest BCUT2D eigenvalue weighted by atomic mass is 16.5. The first-order chi connectivity index (χ1) is 12.7. The first-order valence-corrected chi connectivity index (χ1v) is 9.04. The normalized spacial score (nSPS) is 11.0. The van der Waals surface area contributed by atoms with E-state index < -0.39 is 0 Å². The number of hydrogen-bond acceptors (Lipinski definition) is 3. The number of nitrogens with one attached hydrogen (secondary N) is 1. The highest BCUT2D eigenvalue weighted by molar-refractivity contribution is 5.96. The summed E-state index contributed by atoms with van der Waals surface area (Å²) >= 11 is 0. The molecule has 0 fully saturated rings. The van der Waals surface area contributed by atoms with Gasteiger partial charge in [0.2, 0.25) is 11.8 Å². The Labute approximate surface area is 161 Å². The van der Waals surface area contributed by atoms with Gasteiger partial charge in [-0.1, -0.05) is 51.1 Å². The summed E-state index contributed by atoms with van der Waals surface area (Å²) in [5, 5.41) is 2.98. The third-order valence-electron chi connectivity index (χ3n) is 4.33. The number of methoxy groups -OCH3 is 1. The molecule has 0 spiro atoms. The molecule has 0 atom stereocenters. The van der Waals surface area contributed by atoms with Gasteiger partial charge >= 0.3 is 0 Å². The van der Waals surface area contributed by atoms with Crippen molar-refractivity contribution in [2.24, 2.45) is 0 Å². The van der Waals surface area contributed by atoms with E-state index in [1.807, 2.05) is 42.5 Å². The van der Waals surface area contributed by atoms with E-state index in [0.29, 0.717) is 11.4 Å². The smallest absolute Gasteiger partial charge is 0.226 e. The second-order valence-electron chi connectivity index (χ2n) is 7.44. The predicted octanol–water partition coefficient (Wildman–Crippen LogP) is 4.37. The maximum Gasteiger partial charge on any atom is 0.226 e. The van der Waals surface area contributed by atoms with Crippen molar-refractivity contribution in [2.45, 2.75) is 39.5 Å². The molecule has 0 aromatic heterocycles. The number of rotatable bonds is 6. The number of amides is 2. The van der Waals surface area contributed by atoms with Crippen molar-refractivity contribution in [3.8, 4) is 5.75 Å². The summed E-state index contributed by atoms with van der Waals surface area (Å²) in [6.45, 7) is 8.09. The van der Waals surface area contributed by atoms with E-state index in [1.54, 1.807) is 18.1 Å². The van der Waals surface area contributed by atoms with E-state index in [0.717, 1.165) is 11.3 Å². The molecule has 2 rings (SSSR count). The number of hydrogen-bond donors (Lipinski definition) is 1. The number of carbonyl (C=O) groups is 2. The molecule has 0 saturated carbocycles. The summed E-state index contributed by atoms with van der Waals surface area (Å²) in [5.41, 5.74) is 2.47. The molecular weight excluding hydrogens is 340 g/mol. The Morgan fingerprint density at radius 1 is 1.04 bits per heavy atom. The van der Waals surface area contributed by atoms with E-state index in [-0.39, 0.29) is 30.2 Å². The number of nitrogens with zero attached hydrogens (tertiary/aromatic N) is 1. The van der Waals surface area contributed by atoms with Gasteiger partial charge in [0.25, 0.3) is 0 Å². The molecule has 0 radical (unpaired) electrons. The van der Waals surface area contributed by atoms with Gasteiger partial charge in [-0.15, -0.1) is 0 Å². The molecule has 2 aromatic rings. The third kappa shape index (κ3) is 5.33. The Hall–Kier alpha value is -2.82. The fourth-order valence-electron chi connectivity index (χ4n) is 2.97. The number of ether oxygens (including phenoxy) is 1. The van der Waals surface area contributed by atoms with E-state index in [2.05, 4.69) is 26.1 Å². The van der Waals surface area contributed by atoms with Gasteiger partial charge in [-0.25, -0.2) is 0 Å². The average Bonchev–Trinajstić information content (AvgIpc) is 2.61. The lowest BCUT2D eigenvalue weighted by Gasteiger charge is -2.24. The zero-order valence-corrected chi connectivity index (χ0v) is 16.7. The molecule has 0 aliphatic heterocycles. The zero-order valence-electron chi connectivity index (χ0n) is 16.7. The first kappa shape index (κ1) is 20.5. The Kier molecular flexibility index (Phi) is 6.61. The molecule has 5 nitrogen and oxygen atoms in total. The standard InChI is InChI=1S/C22H28N2O3/c1-16(25)24(19-12-8-9-13-20(19)27-5)15-14-21(26)23-18-11-7-6-10-17(18)22(2,3)4/h6-13H,14-15H2,1-5H3,(H,23,26). The van der Waals surface area contributed by atoms with E-state index >= 15 is 0 Å². The van der Waals surface area contributed by atoms with Crippen LogP contribution in [0.15, 0.2) is 48.5 Å². The molecule has 0 aliphatic rings. The van der Waals surface area contributed by atoms with Crippen LogP contribution >= 0.6 is 0 Å². The van der Waals surface area contributed by atoms with Crippen LogP contribution in [-0.2, 0) is 15.0 Å². The summed E-state index contributed by atoms with van der Waals surface area (Å²) in [5.74, 6) is 0.335. The van der Waals surface area contributed by atoms with Gasteiger partial charge in [0.15, 0.2) is 0 Å². The summed E-state index contributed by atoms with van der Waals surface area (Å²) in [7, 11) is 1.56. The number of anilines is 2. The average molecular weight is 368 g/mol. The third-order valence-corrected chi connectivity index (χ3v) is 4.33. The van der Waals surface area contributed by atoms with Crippen molar-refractivity contribution in [3.63, 3.8) is 0 Å². The summed E-state index contributed by atoms with van der Waals surface area (Å²) < 4.78 is 5.34. The topological polar surface area (TPSA) is 58.6 Å². The Bertz CT molecular complexity index is 809. The molecule has 5 heteroatoms. The van der Waals surface area contributed by atoms with Crippen LogP contribution in [0.1, 0.15) is 39.7 Å². The monoisotopic (exact) mass is 368 g/mol. The van der Waals surface area contributed by atoms with Crippen molar-refractivity contribution >= 4 is 23.2 Å². The van der Waals surface area contributed by atoms with E-state index in [9.17, 15) is 9.59 Å². The Morgan fingerprint density at radius 3 is 2.30 bits per heavy atom. The molecule has 27 heavy (non-hydrogen) atoms. The van der Waals surface area contributed by atoms with Crippen LogP contribution < -0.4 is 15.0 Å². The molecule has 0 heterocycles. The SMILES string of the molecule is COc1ccccc1N(CCC(=O)Nc1ccccc1C(C)(C)C)C(C)=O. The van der Waals surface area contributed by atoms with Gasteiger partial charge in [-0.3, -0.25) is 9.59 Å². The fraction of sp³-hybridized carbons (Fsp3) is 0.364. The molecule has 2 amide bonds. The second-order valence-corrected chi connectivity index (χ2v) is 7.44. The van der Waals surface area contributed by atoms with Crippen molar-refractivity contribution < 1.29 is 14.3 Å².